The third-order valence-corrected chi connectivity index (χ3v) is 4.28. The molecule has 1 aliphatic heterocycles. The molecule has 1 aliphatic rings. The van der Waals surface area contributed by atoms with Crippen LogP contribution in [0.4, 0.5) is 8.78 Å². The normalized spacial score (nSPS) is 16.4. The second-order valence-electron chi connectivity index (χ2n) is 5.94. The lowest BCUT2D eigenvalue weighted by molar-refractivity contribution is 0.121. The lowest BCUT2D eigenvalue weighted by Crippen LogP contribution is -2.47. The fraction of sp³-hybridized carbons (Fsp3) is 0.412. The first-order valence-corrected chi connectivity index (χ1v) is 8.02. The maximum atomic E-state index is 13.7. The molecule has 0 radical (unpaired) electrons. The van der Waals surface area contributed by atoms with Gasteiger partial charge in [0.15, 0.2) is 0 Å². The van der Waals surface area contributed by atoms with Crippen LogP contribution >= 0.6 is 0 Å². The summed E-state index contributed by atoms with van der Waals surface area (Å²) in [6.07, 6.45) is 1.60. The van der Waals surface area contributed by atoms with Crippen molar-refractivity contribution in [3.63, 3.8) is 0 Å². The highest BCUT2D eigenvalue weighted by Crippen LogP contribution is 2.14. The monoisotopic (exact) mass is 334 g/mol. The van der Waals surface area contributed by atoms with E-state index in [1.54, 1.807) is 12.3 Å². The zero-order valence-corrected chi connectivity index (χ0v) is 13.4. The Bertz CT molecular complexity index is 741. The molecule has 1 aromatic heterocycles. The van der Waals surface area contributed by atoms with Crippen LogP contribution < -0.4 is 5.56 Å². The molecule has 1 fully saturated rings. The lowest BCUT2D eigenvalue weighted by atomic mass is 10.1. The van der Waals surface area contributed by atoms with Gasteiger partial charge in [-0.25, -0.2) is 13.5 Å². The summed E-state index contributed by atoms with van der Waals surface area (Å²) in [5.41, 5.74) is 0.293. The van der Waals surface area contributed by atoms with E-state index < -0.39 is 5.82 Å². The number of aromatic nitrogens is 2. The summed E-state index contributed by atoms with van der Waals surface area (Å²) in [5, 5.41) is 4.04. The van der Waals surface area contributed by atoms with Crippen LogP contribution in [-0.4, -0.2) is 52.3 Å². The molecule has 0 aliphatic carbocycles. The molecule has 2 heterocycles. The SMILES string of the molecule is O=c1cccnn1CCN1CCN(Cc2cc(F)ccc2F)CC1. The summed E-state index contributed by atoms with van der Waals surface area (Å²) >= 11 is 0. The standard InChI is InChI=1S/C17H20F2N4O/c18-15-3-4-16(19)14(12-15)13-22-8-6-21(7-9-22)10-11-23-17(24)2-1-5-20-23/h1-5,12H,6-11,13H2. The van der Waals surface area contributed by atoms with Crippen molar-refractivity contribution in [2.75, 3.05) is 32.7 Å². The van der Waals surface area contributed by atoms with Crippen LogP contribution in [0, 0.1) is 11.6 Å². The smallest absolute Gasteiger partial charge is 0.266 e. The summed E-state index contributed by atoms with van der Waals surface area (Å²) < 4.78 is 28.4. The van der Waals surface area contributed by atoms with Crippen molar-refractivity contribution >= 4 is 0 Å². The maximum absolute atomic E-state index is 13.7. The number of hydrogen-bond donors (Lipinski definition) is 0. The van der Waals surface area contributed by atoms with Gasteiger partial charge in [0.2, 0.25) is 0 Å². The molecular formula is C17H20F2N4O. The Kier molecular flexibility index (Phi) is 5.32. The van der Waals surface area contributed by atoms with Crippen LogP contribution in [0.1, 0.15) is 5.56 Å². The van der Waals surface area contributed by atoms with Crippen LogP contribution in [0.25, 0.3) is 0 Å². The summed E-state index contributed by atoms with van der Waals surface area (Å²) in [5.74, 6) is -0.779. The molecule has 24 heavy (non-hydrogen) atoms. The van der Waals surface area contributed by atoms with Gasteiger partial charge in [-0.05, 0) is 24.3 Å². The lowest BCUT2D eigenvalue weighted by Gasteiger charge is -2.34. The van der Waals surface area contributed by atoms with Crippen LogP contribution in [0.15, 0.2) is 41.3 Å². The van der Waals surface area contributed by atoms with E-state index >= 15 is 0 Å². The number of piperazine rings is 1. The maximum Gasteiger partial charge on any atom is 0.266 e. The first kappa shape index (κ1) is 16.7. The molecule has 5 nitrogen and oxygen atoms in total. The summed E-state index contributed by atoms with van der Waals surface area (Å²) in [7, 11) is 0. The number of hydrogen-bond acceptors (Lipinski definition) is 4. The van der Waals surface area contributed by atoms with Gasteiger partial charge in [-0.15, -0.1) is 0 Å². The third kappa shape index (κ3) is 4.24. The number of halogens is 2. The van der Waals surface area contributed by atoms with Gasteiger partial charge in [-0.2, -0.15) is 5.10 Å². The minimum Gasteiger partial charge on any atom is -0.299 e. The second kappa shape index (κ2) is 7.63. The van der Waals surface area contributed by atoms with E-state index in [0.29, 0.717) is 18.7 Å². The highest BCUT2D eigenvalue weighted by Gasteiger charge is 2.18. The zero-order valence-electron chi connectivity index (χ0n) is 13.4. The topological polar surface area (TPSA) is 41.4 Å². The van der Waals surface area contributed by atoms with Crippen molar-refractivity contribution < 1.29 is 8.78 Å². The Morgan fingerprint density at radius 3 is 2.50 bits per heavy atom. The van der Waals surface area contributed by atoms with Gasteiger partial charge in [0, 0.05) is 57.1 Å². The zero-order chi connectivity index (χ0) is 16.9. The Labute approximate surface area is 139 Å². The van der Waals surface area contributed by atoms with Gasteiger partial charge < -0.3 is 0 Å². The Hall–Kier alpha value is -2.12. The van der Waals surface area contributed by atoms with E-state index in [1.807, 2.05) is 0 Å². The van der Waals surface area contributed by atoms with Gasteiger partial charge in [0.25, 0.3) is 5.56 Å². The van der Waals surface area contributed by atoms with E-state index in [-0.39, 0.29) is 11.4 Å². The summed E-state index contributed by atoms with van der Waals surface area (Å²) in [6.45, 7) is 4.95. The minimum absolute atomic E-state index is 0.0993. The van der Waals surface area contributed by atoms with Crippen LogP contribution in [0.5, 0.6) is 0 Å². The van der Waals surface area contributed by atoms with Gasteiger partial charge >= 0.3 is 0 Å². The molecule has 128 valence electrons. The molecule has 0 bridgehead atoms. The molecule has 3 rings (SSSR count). The van der Waals surface area contributed by atoms with E-state index in [4.69, 9.17) is 0 Å². The van der Waals surface area contributed by atoms with Crippen molar-refractivity contribution in [1.82, 2.24) is 19.6 Å². The first-order valence-electron chi connectivity index (χ1n) is 8.02. The largest absolute Gasteiger partial charge is 0.299 e. The average Bonchev–Trinajstić information content (AvgIpc) is 2.59. The van der Waals surface area contributed by atoms with Crippen molar-refractivity contribution in [1.29, 1.82) is 0 Å². The fourth-order valence-electron chi connectivity index (χ4n) is 2.87. The van der Waals surface area contributed by atoms with Crippen molar-refractivity contribution in [3.05, 3.63) is 64.1 Å². The van der Waals surface area contributed by atoms with E-state index in [2.05, 4.69) is 14.9 Å². The van der Waals surface area contributed by atoms with Crippen molar-refractivity contribution in [2.45, 2.75) is 13.1 Å². The molecule has 1 aromatic carbocycles. The third-order valence-electron chi connectivity index (χ3n) is 4.28. The van der Waals surface area contributed by atoms with Crippen LogP contribution in [0.2, 0.25) is 0 Å². The number of benzene rings is 1. The van der Waals surface area contributed by atoms with E-state index in [1.165, 1.54) is 22.9 Å². The van der Waals surface area contributed by atoms with Gasteiger partial charge in [0.1, 0.15) is 11.6 Å². The van der Waals surface area contributed by atoms with Crippen molar-refractivity contribution in [3.8, 4) is 0 Å². The molecule has 2 aromatic rings. The van der Waals surface area contributed by atoms with E-state index in [9.17, 15) is 13.6 Å². The highest BCUT2D eigenvalue weighted by molar-refractivity contribution is 5.18. The quantitative estimate of drug-likeness (QED) is 0.827. The molecule has 0 unspecified atom stereocenters. The van der Waals surface area contributed by atoms with Gasteiger partial charge in [0.05, 0.1) is 6.54 Å². The number of rotatable bonds is 5. The average molecular weight is 334 g/mol. The molecule has 0 N–H and O–H groups in total. The molecule has 0 saturated carbocycles. The summed E-state index contributed by atoms with van der Waals surface area (Å²) in [6, 6.07) is 6.69. The molecule has 0 spiro atoms. The molecule has 0 atom stereocenters. The number of nitrogens with zero attached hydrogens (tertiary/aromatic N) is 4. The molecule has 0 amide bonds. The Morgan fingerprint density at radius 1 is 1.00 bits per heavy atom. The van der Waals surface area contributed by atoms with Crippen LogP contribution in [0.3, 0.4) is 0 Å². The van der Waals surface area contributed by atoms with Gasteiger partial charge in [-0.3, -0.25) is 14.6 Å². The fourth-order valence-corrected chi connectivity index (χ4v) is 2.87. The molecular weight excluding hydrogens is 314 g/mol. The molecule has 7 heteroatoms. The second-order valence-corrected chi connectivity index (χ2v) is 5.94. The van der Waals surface area contributed by atoms with E-state index in [0.717, 1.165) is 38.8 Å². The Morgan fingerprint density at radius 2 is 1.75 bits per heavy atom. The molecule has 1 saturated heterocycles. The highest BCUT2D eigenvalue weighted by atomic mass is 19.1. The summed E-state index contributed by atoms with van der Waals surface area (Å²) in [4.78, 5) is 16.0. The minimum atomic E-state index is -0.411. The first-order chi connectivity index (χ1) is 11.6. The predicted octanol–water partition coefficient (Wildman–Crippen LogP) is 1.34. The van der Waals surface area contributed by atoms with Crippen LogP contribution in [-0.2, 0) is 13.1 Å². The predicted molar refractivity (Wildman–Crippen MR) is 86.6 cm³/mol. The Balaban J connectivity index is 1.48. The van der Waals surface area contributed by atoms with Gasteiger partial charge in [-0.1, -0.05) is 0 Å². The van der Waals surface area contributed by atoms with Crippen molar-refractivity contribution in [2.24, 2.45) is 0 Å².